The quantitative estimate of drug-likeness (QED) is 0.153. The summed E-state index contributed by atoms with van der Waals surface area (Å²) in [6.45, 7) is 9.11. The number of hydrogen-bond acceptors (Lipinski definition) is 3. The molecule has 0 bridgehead atoms. The number of rotatable bonds is 9. The van der Waals surface area contributed by atoms with Gasteiger partial charge in [0.15, 0.2) is 0 Å². The number of fused-ring (bicyclic) bond motifs is 3. The van der Waals surface area contributed by atoms with Gasteiger partial charge in [0.25, 0.3) is 0 Å². The van der Waals surface area contributed by atoms with Gasteiger partial charge in [0.1, 0.15) is 23.1 Å². The molecule has 3 aromatic heterocycles. The van der Waals surface area contributed by atoms with E-state index in [2.05, 4.69) is 67.7 Å². The predicted molar refractivity (Wildman–Crippen MR) is 185 cm³/mol. The van der Waals surface area contributed by atoms with Crippen molar-refractivity contribution in [3.05, 3.63) is 119 Å². The van der Waals surface area contributed by atoms with Crippen LogP contribution in [0, 0.1) is 11.7 Å². The zero-order valence-corrected chi connectivity index (χ0v) is 27.1. The van der Waals surface area contributed by atoms with Gasteiger partial charge in [-0.25, -0.2) is 14.1 Å². The van der Waals surface area contributed by atoms with Crippen molar-refractivity contribution in [1.29, 1.82) is 0 Å². The number of allylic oxidation sites excluding steroid dienone is 2. The topological polar surface area (TPSA) is 44.9 Å². The molecule has 0 saturated carbocycles. The van der Waals surface area contributed by atoms with Crippen LogP contribution in [-0.2, 0) is 12.8 Å². The minimum atomic E-state index is -0.324. The molecule has 1 aliphatic rings. The minimum Gasteiger partial charge on any atom is -0.457 e. The molecular weight excluding hydrogens is 571 g/mol. The molecule has 3 aromatic carbocycles. The lowest BCUT2D eigenvalue weighted by atomic mass is 9.71. The van der Waals surface area contributed by atoms with Gasteiger partial charge >= 0.3 is 0 Å². The van der Waals surface area contributed by atoms with Gasteiger partial charge < -0.3 is 4.74 Å². The number of aryl methyl sites for hydroxylation is 1. The molecule has 0 amide bonds. The fraction of sp³-hybridized carbons (Fsp3) is 0.300. The highest BCUT2D eigenvalue weighted by atomic mass is 19.1. The second-order valence-corrected chi connectivity index (χ2v) is 12.2. The first-order chi connectivity index (χ1) is 22.5. The Kier molecular flexibility index (Phi) is 8.20. The van der Waals surface area contributed by atoms with E-state index in [1.165, 1.54) is 54.5 Å². The number of pyridine rings is 1. The summed E-state index contributed by atoms with van der Waals surface area (Å²) in [5, 5.41) is 7.38. The van der Waals surface area contributed by atoms with Crippen molar-refractivity contribution in [3.63, 3.8) is 0 Å². The smallest absolute Gasteiger partial charge is 0.140 e. The van der Waals surface area contributed by atoms with Crippen LogP contribution in [0.15, 0.2) is 96.7 Å². The van der Waals surface area contributed by atoms with Crippen molar-refractivity contribution in [3.8, 4) is 23.0 Å². The Balaban J connectivity index is 1.29. The van der Waals surface area contributed by atoms with Crippen LogP contribution in [0.2, 0.25) is 0 Å². The summed E-state index contributed by atoms with van der Waals surface area (Å²) in [6, 6.07) is 25.3. The minimum absolute atomic E-state index is 0.324. The Bertz CT molecular complexity index is 2070. The zero-order chi connectivity index (χ0) is 31.8. The van der Waals surface area contributed by atoms with Crippen LogP contribution in [0.3, 0.4) is 0 Å². The molecule has 5 nitrogen and oxygen atoms in total. The third-order valence-electron chi connectivity index (χ3n) is 9.71. The third kappa shape index (κ3) is 5.20. The summed E-state index contributed by atoms with van der Waals surface area (Å²) in [7, 11) is 0. The van der Waals surface area contributed by atoms with Gasteiger partial charge in [0.2, 0.25) is 0 Å². The van der Waals surface area contributed by atoms with E-state index in [4.69, 9.17) is 9.84 Å². The van der Waals surface area contributed by atoms with Crippen LogP contribution in [-0.4, -0.2) is 19.3 Å². The Morgan fingerprint density at radius 2 is 1.65 bits per heavy atom. The van der Waals surface area contributed by atoms with Crippen molar-refractivity contribution in [1.82, 2.24) is 19.3 Å². The lowest BCUT2D eigenvalue weighted by molar-refractivity contribution is 0.392. The first-order valence-corrected chi connectivity index (χ1v) is 16.8. The fourth-order valence-electron chi connectivity index (χ4n) is 7.59. The Morgan fingerprint density at radius 1 is 0.826 bits per heavy atom. The Morgan fingerprint density at radius 3 is 2.43 bits per heavy atom. The molecule has 46 heavy (non-hydrogen) atoms. The van der Waals surface area contributed by atoms with Crippen LogP contribution < -0.4 is 4.74 Å². The van der Waals surface area contributed by atoms with Gasteiger partial charge in [-0.3, -0.25) is 4.57 Å². The summed E-state index contributed by atoms with van der Waals surface area (Å²) >= 11 is 0. The van der Waals surface area contributed by atoms with E-state index in [-0.39, 0.29) is 5.82 Å². The van der Waals surface area contributed by atoms with Crippen molar-refractivity contribution in [2.24, 2.45) is 5.92 Å². The summed E-state index contributed by atoms with van der Waals surface area (Å²) in [5.41, 5.74) is 8.39. The number of benzene rings is 3. The van der Waals surface area contributed by atoms with Gasteiger partial charge in [-0.05, 0) is 74.4 Å². The van der Waals surface area contributed by atoms with Crippen molar-refractivity contribution < 1.29 is 9.13 Å². The second-order valence-electron chi connectivity index (χ2n) is 12.2. The zero-order valence-electron chi connectivity index (χ0n) is 27.1. The molecule has 2 atom stereocenters. The number of aromatic nitrogens is 4. The van der Waals surface area contributed by atoms with E-state index in [9.17, 15) is 4.39 Å². The predicted octanol–water partition coefficient (Wildman–Crippen LogP) is 10.7. The van der Waals surface area contributed by atoms with Crippen LogP contribution >= 0.6 is 0 Å². The van der Waals surface area contributed by atoms with E-state index in [0.29, 0.717) is 23.4 Å². The fourth-order valence-corrected chi connectivity index (χ4v) is 7.59. The summed E-state index contributed by atoms with van der Waals surface area (Å²) < 4.78 is 25.0. The van der Waals surface area contributed by atoms with Gasteiger partial charge in [0, 0.05) is 52.3 Å². The third-order valence-corrected chi connectivity index (χ3v) is 9.71. The maximum atomic E-state index is 14.3. The number of hydrogen-bond donors (Lipinski definition) is 0. The van der Waals surface area contributed by atoms with E-state index in [1.807, 2.05) is 47.0 Å². The maximum absolute atomic E-state index is 14.3. The summed E-state index contributed by atoms with van der Waals surface area (Å²) in [6.07, 6.45) is 10.5. The molecule has 1 aliphatic carbocycles. The molecule has 0 spiro atoms. The van der Waals surface area contributed by atoms with Gasteiger partial charge in [-0.1, -0.05) is 70.0 Å². The van der Waals surface area contributed by atoms with Crippen molar-refractivity contribution in [2.75, 3.05) is 0 Å². The first kappa shape index (κ1) is 30.0. The van der Waals surface area contributed by atoms with Gasteiger partial charge in [0.05, 0.1) is 22.4 Å². The monoisotopic (exact) mass is 612 g/mol. The molecule has 7 rings (SSSR count). The summed E-state index contributed by atoms with van der Waals surface area (Å²) in [5.74, 6) is 2.72. The van der Waals surface area contributed by atoms with Crippen molar-refractivity contribution in [2.45, 2.75) is 72.1 Å². The first-order valence-electron chi connectivity index (χ1n) is 16.8. The molecule has 6 aromatic rings. The Hall–Kier alpha value is -4.71. The van der Waals surface area contributed by atoms with Crippen LogP contribution in [0.1, 0.15) is 76.2 Å². The largest absolute Gasteiger partial charge is 0.457 e. The summed E-state index contributed by atoms with van der Waals surface area (Å²) in [4.78, 5) is 4.50. The standard InChI is InChI=1S/C40H41FN4O/c1-5-26-13-11-14-27(6-2)39(26)40-34(7-3)43-45(35(40)8-4)29-15-12-16-30(24-29)46-31-19-20-33-32-17-9-10-18-36(32)44(37(33)25-31)38-23-28(41)21-22-42-38/h9-10,12-13,15-25,27,39H,5-8,11,14H2,1-4H3/t27-,39?/m0/s1. The molecule has 0 saturated heterocycles. The molecule has 0 fully saturated rings. The average molecular weight is 613 g/mol. The highest BCUT2D eigenvalue weighted by Crippen LogP contribution is 2.45. The lowest BCUT2D eigenvalue weighted by Gasteiger charge is -2.33. The molecule has 0 aliphatic heterocycles. The van der Waals surface area contributed by atoms with E-state index in [1.54, 1.807) is 5.57 Å². The molecule has 3 heterocycles. The average Bonchev–Trinajstić information content (AvgIpc) is 3.63. The normalized spacial score (nSPS) is 16.7. The molecular formula is C40H41FN4O. The van der Waals surface area contributed by atoms with Gasteiger partial charge in [-0.2, -0.15) is 5.10 Å². The highest BCUT2D eigenvalue weighted by molar-refractivity contribution is 6.09. The van der Waals surface area contributed by atoms with E-state index >= 15 is 0 Å². The van der Waals surface area contributed by atoms with Crippen LogP contribution in [0.5, 0.6) is 11.5 Å². The second kappa shape index (κ2) is 12.6. The van der Waals surface area contributed by atoms with E-state index in [0.717, 1.165) is 52.5 Å². The van der Waals surface area contributed by atoms with Crippen LogP contribution in [0.25, 0.3) is 33.3 Å². The van der Waals surface area contributed by atoms with Crippen LogP contribution in [0.4, 0.5) is 4.39 Å². The number of halogens is 1. The molecule has 234 valence electrons. The number of ether oxygens (including phenoxy) is 1. The van der Waals surface area contributed by atoms with Gasteiger partial charge in [-0.15, -0.1) is 0 Å². The molecule has 0 N–H and O–H groups in total. The Labute approximate surface area is 270 Å². The lowest BCUT2D eigenvalue weighted by Crippen LogP contribution is -2.20. The van der Waals surface area contributed by atoms with Crippen molar-refractivity contribution >= 4 is 21.8 Å². The maximum Gasteiger partial charge on any atom is 0.140 e. The number of para-hydroxylation sites is 1. The molecule has 0 radical (unpaired) electrons. The SMILES string of the molecule is CCC1=CCC[C@H](CC)C1c1c(CC)nn(-c2cccc(Oc3ccc4c5ccccc5n(-c5cc(F)ccn5)c4c3)c2)c1CC. The molecule has 6 heteroatoms. The molecule has 1 unspecified atom stereocenters. The number of nitrogens with zero attached hydrogens (tertiary/aromatic N) is 4. The van der Waals surface area contributed by atoms with E-state index < -0.39 is 0 Å². The highest BCUT2D eigenvalue weighted by Gasteiger charge is 2.33.